The number of anilines is 1. The summed E-state index contributed by atoms with van der Waals surface area (Å²) in [4.78, 5) is 13.4. The van der Waals surface area contributed by atoms with E-state index in [0.717, 1.165) is 51.1 Å². The fraction of sp³-hybridized carbons (Fsp3) is 0.733. The highest BCUT2D eigenvalue weighted by Gasteiger charge is 2.21. The lowest BCUT2D eigenvalue weighted by Crippen LogP contribution is -2.49. The molecule has 0 amide bonds. The number of rotatable bonds is 6. The lowest BCUT2D eigenvalue weighted by molar-refractivity contribution is 0.206. The highest BCUT2D eigenvalue weighted by atomic mass is 15.3. The van der Waals surface area contributed by atoms with Crippen molar-refractivity contribution in [2.45, 2.75) is 20.3 Å². The van der Waals surface area contributed by atoms with E-state index in [-0.39, 0.29) is 0 Å². The third-order valence-corrected chi connectivity index (χ3v) is 3.86. The van der Waals surface area contributed by atoms with Crippen molar-refractivity contribution in [1.82, 2.24) is 14.9 Å². The van der Waals surface area contributed by atoms with Gasteiger partial charge < -0.3 is 10.6 Å². The van der Waals surface area contributed by atoms with Gasteiger partial charge in [0.25, 0.3) is 0 Å². The molecule has 1 aromatic rings. The standard InChI is InChI=1S/C15H27N5/c1-13(2)10-14(11-16)12-19-6-8-20(9-7-19)15-17-4-3-5-18-15/h3-5,13-14H,6-12,16H2,1-2H3. The summed E-state index contributed by atoms with van der Waals surface area (Å²) in [6.45, 7) is 10.6. The van der Waals surface area contributed by atoms with E-state index >= 15 is 0 Å². The van der Waals surface area contributed by atoms with Gasteiger partial charge in [-0.05, 0) is 30.9 Å². The lowest BCUT2D eigenvalue weighted by atomic mass is 9.96. The van der Waals surface area contributed by atoms with E-state index in [4.69, 9.17) is 5.73 Å². The van der Waals surface area contributed by atoms with Crippen LogP contribution >= 0.6 is 0 Å². The first-order valence-electron chi connectivity index (χ1n) is 7.63. The summed E-state index contributed by atoms with van der Waals surface area (Å²) >= 11 is 0. The zero-order valence-electron chi connectivity index (χ0n) is 12.7. The Balaban J connectivity index is 1.79. The van der Waals surface area contributed by atoms with Gasteiger partial charge in [-0.25, -0.2) is 9.97 Å². The summed E-state index contributed by atoms with van der Waals surface area (Å²) in [7, 11) is 0. The summed E-state index contributed by atoms with van der Waals surface area (Å²) < 4.78 is 0. The number of hydrogen-bond acceptors (Lipinski definition) is 5. The van der Waals surface area contributed by atoms with Gasteiger partial charge in [0.05, 0.1) is 0 Å². The maximum absolute atomic E-state index is 5.90. The van der Waals surface area contributed by atoms with Gasteiger partial charge in [-0.15, -0.1) is 0 Å². The van der Waals surface area contributed by atoms with E-state index in [1.165, 1.54) is 6.42 Å². The van der Waals surface area contributed by atoms with Crippen molar-refractivity contribution >= 4 is 5.95 Å². The average molecular weight is 277 g/mol. The summed E-state index contributed by atoms with van der Waals surface area (Å²) in [5.41, 5.74) is 5.90. The molecule has 0 aliphatic carbocycles. The molecule has 1 aromatic heterocycles. The zero-order chi connectivity index (χ0) is 14.4. The summed E-state index contributed by atoms with van der Waals surface area (Å²) in [6, 6.07) is 1.86. The van der Waals surface area contributed by atoms with E-state index in [0.29, 0.717) is 5.92 Å². The summed E-state index contributed by atoms with van der Waals surface area (Å²) in [5.74, 6) is 2.20. The third kappa shape index (κ3) is 4.42. The van der Waals surface area contributed by atoms with Gasteiger partial charge >= 0.3 is 0 Å². The van der Waals surface area contributed by atoms with Crippen molar-refractivity contribution in [2.24, 2.45) is 17.6 Å². The molecule has 0 aromatic carbocycles. The third-order valence-electron chi connectivity index (χ3n) is 3.86. The van der Waals surface area contributed by atoms with Gasteiger partial charge in [-0.1, -0.05) is 13.8 Å². The van der Waals surface area contributed by atoms with Gasteiger partial charge in [-0.3, -0.25) is 4.90 Å². The predicted molar refractivity (Wildman–Crippen MR) is 82.7 cm³/mol. The molecule has 0 spiro atoms. The molecule has 2 heterocycles. The van der Waals surface area contributed by atoms with Crippen LogP contribution in [0.1, 0.15) is 20.3 Å². The smallest absolute Gasteiger partial charge is 0.225 e. The number of hydrogen-bond donors (Lipinski definition) is 1. The average Bonchev–Trinajstić information content (AvgIpc) is 2.48. The van der Waals surface area contributed by atoms with Gasteiger partial charge in [0.2, 0.25) is 5.95 Å². The Kier molecular flexibility index (Phi) is 5.73. The molecular weight excluding hydrogens is 250 g/mol. The normalized spacial score (nSPS) is 18.5. The predicted octanol–water partition coefficient (Wildman–Crippen LogP) is 1.22. The first-order valence-corrected chi connectivity index (χ1v) is 7.63. The van der Waals surface area contributed by atoms with E-state index in [9.17, 15) is 0 Å². The largest absolute Gasteiger partial charge is 0.338 e. The Morgan fingerprint density at radius 2 is 1.80 bits per heavy atom. The number of nitrogens with zero attached hydrogens (tertiary/aromatic N) is 4. The molecule has 5 heteroatoms. The fourth-order valence-corrected chi connectivity index (χ4v) is 2.86. The van der Waals surface area contributed by atoms with Crippen LogP contribution in [-0.4, -0.2) is 54.1 Å². The van der Waals surface area contributed by atoms with Crippen molar-refractivity contribution in [3.8, 4) is 0 Å². The van der Waals surface area contributed by atoms with Crippen molar-refractivity contribution in [3.63, 3.8) is 0 Å². The lowest BCUT2D eigenvalue weighted by Gasteiger charge is -2.36. The maximum Gasteiger partial charge on any atom is 0.225 e. The van der Waals surface area contributed by atoms with Crippen LogP contribution < -0.4 is 10.6 Å². The summed E-state index contributed by atoms with van der Waals surface area (Å²) in [6.07, 6.45) is 4.84. The van der Waals surface area contributed by atoms with Crippen LogP contribution in [0.2, 0.25) is 0 Å². The Hall–Kier alpha value is -1.20. The fourth-order valence-electron chi connectivity index (χ4n) is 2.86. The van der Waals surface area contributed by atoms with Gasteiger partial charge in [0, 0.05) is 45.1 Å². The quantitative estimate of drug-likeness (QED) is 0.847. The first-order chi connectivity index (χ1) is 9.69. The molecule has 1 aliphatic rings. The highest BCUT2D eigenvalue weighted by Crippen LogP contribution is 2.15. The minimum Gasteiger partial charge on any atom is -0.338 e. The molecule has 1 aliphatic heterocycles. The SMILES string of the molecule is CC(C)CC(CN)CN1CCN(c2ncccn2)CC1. The molecular formula is C15H27N5. The monoisotopic (exact) mass is 277 g/mol. The van der Waals surface area contributed by atoms with Crippen LogP contribution in [0.25, 0.3) is 0 Å². The second-order valence-electron chi connectivity index (χ2n) is 6.07. The van der Waals surface area contributed by atoms with Gasteiger partial charge in [0.15, 0.2) is 0 Å². The molecule has 2 rings (SSSR count). The maximum atomic E-state index is 5.90. The number of nitrogens with two attached hydrogens (primary N) is 1. The Morgan fingerprint density at radius 1 is 1.15 bits per heavy atom. The van der Waals surface area contributed by atoms with Crippen molar-refractivity contribution in [3.05, 3.63) is 18.5 Å². The van der Waals surface area contributed by atoms with Crippen molar-refractivity contribution in [1.29, 1.82) is 0 Å². The van der Waals surface area contributed by atoms with Crippen LogP contribution in [0, 0.1) is 11.8 Å². The second kappa shape index (κ2) is 7.55. The molecule has 0 radical (unpaired) electrons. The van der Waals surface area contributed by atoms with Crippen molar-refractivity contribution in [2.75, 3.05) is 44.2 Å². The van der Waals surface area contributed by atoms with Crippen LogP contribution in [0.4, 0.5) is 5.95 Å². The van der Waals surface area contributed by atoms with Crippen LogP contribution in [0.15, 0.2) is 18.5 Å². The minimum atomic E-state index is 0.620. The minimum absolute atomic E-state index is 0.620. The van der Waals surface area contributed by atoms with Crippen LogP contribution in [0.5, 0.6) is 0 Å². The number of piperazine rings is 1. The van der Waals surface area contributed by atoms with E-state index in [1.54, 1.807) is 0 Å². The Bertz CT molecular complexity index is 373. The topological polar surface area (TPSA) is 58.3 Å². The van der Waals surface area contributed by atoms with Gasteiger partial charge in [-0.2, -0.15) is 0 Å². The second-order valence-corrected chi connectivity index (χ2v) is 6.07. The van der Waals surface area contributed by atoms with Crippen molar-refractivity contribution < 1.29 is 0 Å². The summed E-state index contributed by atoms with van der Waals surface area (Å²) in [5, 5.41) is 0. The molecule has 0 bridgehead atoms. The zero-order valence-corrected chi connectivity index (χ0v) is 12.7. The van der Waals surface area contributed by atoms with E-state index in [2.05, 4.69) is 33.6 Å². The molecule has 1 unspecified atom stereocenters. The highest BCUT2D eigenvalue weighted by molar-refractivity contribution is 5.29. The van der Waals surface area contributed by atoms with Crippen LogP contribution in [-0.2, 0) is 0 Å². The van der Waals surface area contributed by atoms with Crippen LogP contribution in [0.3, 0.4) is 0 Å². The Morgan fingerprint density at radius 3 is 2.35 bits per heavy atom. The van der Waals surface area contributed by atoms with E-state index < -0.39 is 0 Å². The molecule has 0 saturated carbocycles. The Labute approximate surface area is 122 Å². The molecule has 5 nitrogen and oxygen atoms in total. The molecule has 20 heavy (non-hydrogen) atoms. The molecule has 112 valence electrons. The number of aromatic nitrogens is 2. The van der Waals surface area contributed by atoms with E-state index in [1.807, 2.05) is 18.5 Å². The molecule has 1 saturated heterocycles. The molecule has 1 fully saturated rings. The molecule has 2 N–H and O–H groups in total. The first kappa shape index (κ1) is 15.2. The van der Waals surface area contributed by atoms with Gasteiger partial charge in [0.1, 0.15) is 0 Å². The molecule has 1 atom stereocenters.